The van der Waals surface area contributed by atoms with Gasteiger partial charge in [0.15, 0.2) is 0 Å². The number of nitrogens with zero attached hydrogens (tertiary/aromatic N) is 1. The Morgan fingerprint density at radius 3 is 2.79 bits per heavy atom. The predicted octanol–water partition coefficient (Wildman–Crippen LogP) is 2.50. The average Bonchev–Trinajstić information content (AvgIpc) is 2.50. The van der Waals surface area contributed by atoms with Gasteiger partial charge in [0.1, 0.15) is 5.84 Å². The van der Waals surface area contributed by atoms with Crippen LogP contribution in [0, 0.1) is 6.92 Å². The molecule has 3 heteroatoms. The third-order valence-corrected chi connectivity index (χ3v) is 2.68. The summed E-state index contributed by atoms with van der Waals surface area (Å²) in [6.07, 6.45) is 0. The van der Waals surface area contributed by atoms with Gasteiger partial charge in [-0.25, -0.2) is 0 Å². The number of benzene rings is 1. The van der Waals surface area contributed by atoms with Gasteiger partial charge in [0.05, 0.1) is 6.54 Å². The van der Waals surface area contributed by atoms with Gasteiger partial charge in [-0.15, -0.1) is 0 Å². The summed E-state index contributed by atoms with van der Waals surface area (Å²) in [6.45, 7) is 5.11. The summed E-state index contributed by atoms with van der Waals surface area (Å²) in [6, 6.07) is 6.80. The molecule has 14 heavy (non-hydrogen) atoms. The van der Waals surface area contributed by atoms with Crippen molar-refractivity contribution in [1.82, 2.24) is 5.32 Å². The van der Waals surface area contributed by atoms with Crippen molar-refractivity contribution < 1.29 is 0 Å². The van der Waals surface area contributed by atoms with E-state index in [0.29, 0.717) is 6.04 Å². The van der Waals surface area contributed by atoms with Crippen molar-refractivity contribution >= 4 is 21.8 Å². The molecule has 1 unspecified atom stereocenters. The maximum Gasteiger partial charge on any atom is 0.128 e. The molecule has 0 spiro atoms. The number of hydrogen-bond acceptors (Lipinski definition) is 2. The predicted molar refractivity (Wildman–Crippen MR) is 62.9 cm³/mol. The first-order valence-corrected chi connectivity index (χ1v) is 5.53. The Kier molecular flexibility index (Phi) is 2.59. The number of rotatable bonds is 1. The summed E-state index contributed by atoms with van der Waals surface area (Å²) in [5, 5.41) is 3.35. The molecule has 0 aliphatic carbocycles. The summed E-state index contributed by atoms with van der Waals surface area (Å²) in [7, 11) is 0. The van der Waals surface area contributed by atoms with Gasteiger partial charge < -0.3 is 5.32 Å². The first-order chi connectivity index (χ1) is 6.65. The van der Waals surface area contributed by atoms with Crippen molar-refractivity contribution in [1.29, 1.82) is 0 Å². The first-order valence-electron chi connectivity index (χ1n) is 4.74. The summed E-state index contributed by atoms with van der Waals surface area (Å²) in [4.78, 5) is 4.45. The van der Waals surface area contributed by atoms with Crippen LogP contribution in [0.5, 0.6) is 0 Å². The fraction of sp³-hybridized carbons (Fsp3) is 0.364. The minimum absolute atomic E-state index is 0.462. The second-order valence-corrected chi connectivity index (χ2v) is 4.67. The Hall–Kier alpha value is -0.830. The topological polar surface area (TPSA) is 24.4 Å². The second-order valence-electron chi connectivity index (χ2n) is 3.75. The summed E-state index contributed by atoms with van der Waals surface area (Å²) < 4.78 is 1.11. The zero-order valence-corrected chi connectivity index (χ0v) is 9.93. The van der Waals surface area contributed by atoms with Crippen LogP contribution >= 0.6 is 15.9 Å². The molecule has 0 saturated carbocycles. The molecule has 0 radical (unpaired) electrons. The van der Waals surface area contributed by atoms with Gasteiger partial charge in [-0.1, -0.05) is 15.9 Å². The molecule has 0 amide bonds. The van der Waals surface area contributed by atoms with E-state index in [2.05, 4.69) is 58.3 Å². The highest BCUT2D eigenvalue weighted by Crippen LogP contribution is 2.16. The van der Waals surface area contributed by atoms with E-state index in [1.54, 1.807) is 0 Å². The van der Waals surface area contributed by atoms with Crippen molar-refractivity contribution in [2.45, 2.75) is 19.9 Å². The molecular formula is C11H13BrN2. The quantitative estimate of drug-likeness (QED) is 0.817. The summed E-state index contributed by atoms with van der Waals surface area (Å²) >= 11 is 3.49. The Bertz CT molecular complexity index is 365. The Morgan fingerprint density at radius 1 is 1.43 bits per heavy atom. The minimum Gasteiger partial charge on any atom is -0.366 e. The maximum atomic E-state index is 4.45. The van der Waals surface area contributed by atoms with Crippen LogP contribution in [-0.2, 0) is 0 Å². The smallest absolute Gasteiger partial charge is 0.128 e. The molecule has 1 aliphatic rings. The number of aryl methyl sites for hydroxylation is 1. The highest BCUT2D eigenvalue weighted by Gasteiger charge is 2.14. The van der Waals surface area contributed by atoms with Gasteiger partial charge in [0, 0.05) is 16.1 Å². The van der Waals surface area contributed by atoms with E-state index < -0.39 is 0 Å². The third kappa shape index (κ3) is 1.98. The lowest BCUT2D eigenvalue weighted by Crippen LogP contribution is -2.27. The monoisotopic (exact) mass is 252 g/mol. The standard InChI is InChI=1S/C11H13BrN2/c1-7-3-9(5-10(12)4-7)11-13-6-8(2)14-11/h3-5,8H,6H2,1-2H3,(H,13,14). The van der Waals surface area contributed by atoms with E-state index in [-0.39, 0.29) is 0 Å². The molecule has 1 aliphatic heterocycles. The van der Waals surface area contributed by atoms with Crippen LogP contribution in [0.3, 0.4) is 0 Å². The van der Waals surface area contributed by atoms with Crippen LogP contribution in [0.2, 0.25) is 0 Å². The second kappa shape index (κ2) is 3.73. The van der Waals surface area contributed by atoms with Crippen molar-refractivity contribution in [2.75, 3.05) is 6.54 Å². The lowest BCUT2D eigenvalue weighted by Gasteiger charge is -2.07. The average molecular weight is 253 g/mol. The molecule has 0 bridgehead atoms. The SMILES string of the molecule is Cc1cc(Br)cc(C2=NCC(C)N2)c1. The highest BCUT2D eigenvalue weighted by molar-refractivity contribution is 9.10. The number of hydrogen-bond donors (Lipinski definition) is 1. The van der Waals surface area contributed by atoms with E-state index in [9.17, 15) is 0 Å². The van der Waals surface area contributed by atoms with Crippen LogP contribution in [0.1, 0.15) is 18.1 Å². The van der Waals surface area contributed by atoms with Crippen LogP contribution in [-0.4, -0.2) is 18.4 Å². The zero-order chi connectivity index (χ0) is 10.1. The summed E-state index contributed by atoms with van der Waals surface area (Å²) in [5.41, 5.74) is 2.42. The van der Waals surface area contributed by atoms with Crippen LogP contribution in [0.25, 0.3) is 0 Å². The molecule has 2 nitrogen and oxygen atoms in total. The lowest BCUT2D eigenvalue weighted by molar-refractivity contribution is 0.726. The van der Waals surface area contributed by atoms with E-state index in [0.717, 1.165) is 16.9 Å². The normalized spacial score (nSPS) is 20.5. The Balaban J connectivity index is 2.33. The van der Waals surface area contributed by atoms with Crippen molar-refractivity contribution in [3.63, 3.8) is 0 Å². The molecule has 1 aromatic carbocycles. The molecule has 1 aromatic rings. The maximum absolute atomic E-state index is 4.45. The molecular weight excluding hydrogens is 240 g/mol. The number of nitrogens with one attached hydrogen (secondary N) is 1. The van der Waals surface area contributed by atoms with E-state index in [4.69, 9.17) is 0 Å². The van der Waals surface area contributed by atoms with E-state index in [1.165, 1.54) is 11.1 Å². The molecule has 2 rings (SSSR count). The minimum atomic E-state index is 0.462. The third-order valence-electron chi connectivity index (χ3n) is 2.22. The fourth-order valence-corrected chi connectivity index (χ4v) is 2.21. The van der Waals surface area contributed by atoms with Gasteiger partial charge in [0.25, 0.3) is 0 Å². The zero-order valence-electron chi connectivity index (χ0n) is 8.34. The first kappa shape index (κ1) is 9.71. The van der Waals surface area contributed by atoms with Gasteiger partial charge in [-0.05, 0) is 37.6 Å². The van der Waals surface area contributed by atoms with E-state index in [1.807, 2.05) is 0 Å². The number of amidine groups is 1. The largest absolute Gasteiger partial charge is 0.366 e. The van der Waals surface area contributed by atoms with Crippen molar-refractivity contribution in [3.05, 3.63) is 33.8 Å². The molecule has 1 atom stereocenters. The van der Waals surface area contributed by atoms with Gasteiger partial charge in [-0.3, -0.25) is 4.99 Å². The molecule has 0 aromatic heterocycles. The molecule has 0 fully saturated rings. The van der Waals surface area contributed by atoms with Crippen LogP contribution < -0.4 is 5.32 Å². The number of aliphatic imine (C=N–C) groups is 1. The van der Waals surface area contributed by atoms with Crippen molar-refractivity contribution in [3.8, 4) is 0 Å². The highest BCUT2D eigenvalue weighted by atomic mass is 79.9. The summed E-state index contributed by atoms with van der Waals surface area (Å²) in [5.74, 6) is 1.02. The van der Waals surface area contributed by atoms with Crippen LogP contribution in [0.15, 0.2) is 27.7 Å². The molecule has 1 heterocycles. The lowest BCUT2D eigenvalue weighted by atomic mass is 10.1. The van der Waals surface area contributed by atoms with Crippen LogP contribution in [0.4, 0.5) is 0 Å². The molecule has 74 valence electrons. The Labute approximate surface area is 92.6 Å². The fourth-order valence-electron chi connectivity index (χ4n) is 1.60. The molecule has 0 saturated heterocycles. The number of halogens is 1. The van der Waals surface area contributed by atoms with Gasteiger partial charge in [0.2, 0.25) is 0 Å². The van der Waals surface area contributed by atoms with Gasteiger partial charge in [-0.2, -0.15) is 0 Å². The Morgan fingerprint density at radius 2 is 2.21 bits per heavy atom. The van der Waals surface area contributed by atoms with Crippen molar-refractivity contribution in [2.24, 2.45) is 4.99 Å². The van der Waals surface area contributed by atoms with E-state index >= 15 is 0 Å². The van der Waals surface area contributed by atoms with Gasteiger partial charge >= 0.3 is 0 Å². The molecule has 1 N–H and O–H groups in total.